The second-order valence-corrected chi connectivity index (χ2v) is 6.47. The Morgan fingerprint density at radius 1 is 1.35 bits per heavy atom. The van der Waals surface area contributed by atoms with Crippen molar-refractivity contribution in [3.63, 3.8) is 0 Å². The topological polar surface area (TPSA) is 47.3 Å². The van der Waals surface area contributed by atoms with Crippen molar-refractivity contribution in [1.82, 2.24) is 5.43 Å². The molecule has 3 atom stereocenters. The van der Waals surface area contributed by atoms with Crippen LogP contribution in [0.15, 0.2) is 0 Å². The molecule has 0 aromatic carbocycles. The Balaban J connectivity index is 1.83. The normalized spacial score (nSPS) is 34.1. The Labute approximate surface area is 105 Å². The van der Waals surface area contributed by atoms with Crippen LogP contribution in [0.4, 0.5) is 0 Å². The minimum Gasteiger partial charge on any atom is -0.378 e. The molecule has 2 fully saturated rings. The summed E-state index contributed by atoms with van der Waals surface area (Å²) in [6.07, 6.45) is 9.33. The summed E-state index contributed by atoms with van der Waals surface area (Å²) < 4.78 is 5.69. The van der Waals surface area contributed by atoms with Gasteiger partial charge in [-0.2, -0.15) is 0 Å². The van der Waals surface area contributed by atoms with E-state index in [4.69, 9.17) is 10.6 Å². The fourth-order valence-electron chi connectivity index (χ4n) is 3.74. The molecule has 0 radical (unpaired) electrons. The summed E-state index contributed by atoms with van der Waals surface area (Å²) in [7, 11) is 0. The van der Waals surface area contributed by atoms with E-state index in [0.717, 1.165) is 18.9 Å². The van der Waals surface area contributed by atoms with Crippen LogP contribution in [0.25, 0.3) is 0 Å². The van der Waals surface area contributed by atoms with E-state index in [9.17, 15) is 0 Å². The van der Waals surface area contributed by atoms with Crippen molar-refractivity contribution >= 4 is 0 Å². The minimum absolute atomic E-state index is 0.452. The van der Waals surface area contributed by atoms with Crippen LogP contribution in [0.2, 0.25) is 0 Å². The van der Waals surface area contributed by atoms with Crippen LogP contribution >= 0.6 is 0 Å². The molecular weight excluding hydrogens is 212 g/mol. The number of nitrogens with one attached hydrogen (secondary N) is 1. The lowest BCUT2D eigenvalue weighted by atomic mass is 9.76. The Hall–Kier alpha value is -0.120. The van der Waals surface area contributed by atoms with Crippen LogP contribution in [0.1, 0.15) is 58.8 Å². The van der Waals surface area contributed by atoms with E-state index < -0.39 is 0 Å². The van der Waals surface area contributed by atoms with Gasteiger partial charge in [-0.1, -0.05) is 20.3 Å². The molecule has 0 aromatic rings. The third-order valence-electron chi connectivity index (χ3n) is 4.86. The summed E-state index contributed by atoms with van der Waals surface area (Å²) in [6, 6.07) is 0.469. The van der Waals surface area contributed by atoms with E-state index >= 15 is 0 Å². The van der Waals surface area contributed by atoms with Crippen LogP contribution in [-0.4, -0.2) is 18.8 Å². The summed E-state index contributed by atoms with van der Waals surface area (Å²) >= 11 is 0. The molecule has 0 aromatic heterocycles. The zero-order valence-electron chi connectivity index (χ0n) is 11.4. The van der Waals surface area contributed by atoms with Crippen molar-refractivity contribution in [1.29, 1.82) is 0 Å². The van der Waals surface area contributed by atoms with E-state index in [1.807, 2.05) is 0 Å². The first-order chi connectivity index (χ1) is 8.13. The first kappa shape index (κ1) is 13.3. The molecule has 3 nitrogen and oxygen atoms in total. The van der Waals surface area contributed by atoms with Gasteiger partial charge in [0.25, 0.3) is 0 Å². The van der Waals surface area contributed by atoms with Crippen molar-refractivity contribution in [3.8, 4) is 0 Å². The maximum atomic E-state index is 5.77. The van der Waals surface area contributed by atoms with Gasteiger partial charge in [0.05, 0.1) is 6.10 Å². The molecule has 3 heteroatoms. The summed E-state index contributed by atoms with van der Waals surface area (Å²) in [6.45, 7) is 5.74. The highest BCUT2D eigenvalue weighted by Gasteiger charge is 2.39. The van der Waals surface area contributed by atoms with Gasteiger partial charge in [0.1, 0.15) is 0 Å². The van der Waals surface area contributed by atoms with Gasteiger partial charge in [-0.3, -0.25) is 11.3 Å². The molecule has 0 bridgehead atoms. The van der Waals surface area contributed by atoms with Crippen molar-refractivity contribution in [3.05, 3.63) is 0 Å². The minimum atomic E-state index is 0.452. The summed E-state index contributed by atoms with van der Waals surface area (Å²) in [5.74, 6) is 6.50. The molecule has 3 unspecified atom stereocenters. The lowest BCUT2D eigenvalue weighted by Gasteiger charge is -2.34. The first-order valence-electron chi connectivity index (χ1n) is 7.21. The van der Waals surface area contributed by atoms with Gasteiger partial charge in [0, 0.05) is 12.6 Å². The van der Waals surface area contributed by atoms with E-state index in [1.54, 1.807) is 0 Å². The first-order valence-corrected chi connectivity index (χ1v) is 7.21. The Bertz CT molecular complexity index is 236. The smallest absolute Gasteiger partial charge is 0.0576 e. The van der Waals surface area contributed by atoms with Crippen LogP contribution in [0, 0.1) is 11.3 Å². The molecule has 0 amide bonds. The van der Waals surface area contributed by atoms with Crippen LogP contribution in [0.5, 0.6) is 0 Å². The average Bonchev–Trinajstić information content (AvgIpc) is 2.90. The molecule has 17 heavy (non-hydrogen) atoms. The van der Waals surface area contributed by atoms with Crippen molar-refractivity contribution in [2.75, 3.05) is 6.61 Å². The monoisotopic (exact) mass is 240 g/mol. The number of hydrogen-bond acceptors (Lipinski definition) is 3. The molecule has 1 aliphatic carbocycles. The molecule has 1 heterocycles. The molecule has 3 N–H and O–H groups in total. The predicted octanol–water partition coefficient (Wildman–Crippen LogP) is 2.60. The quantitative estimate of drug-likeness (QED) is 0.573. The van der Waals surface area contributed by atoms with Crippen LogP contribution in [0.3, 0.4) is 0 Å². The fourth-order valence-corrected chi connectivity index (χ4v) is 3.74. The van der Waals surface area contributed by atoms with E-state index in [1.165, 1.54) is 38.5 Å². The van der Waals surface area contributed by atoms with E-state index in [2.05, 4.69) is 19.3 Å². The Kier molecular flexibility index (Phi) is 4.45. The zero-order valence-corrected chi connectivity index (χ0v) is 11.4. The average molecular weight is 240 g/mol. The van der Waals surface area contributed by atoms with Gasteiger partial charge in [0.15, 0.2) is 0 Å². The summed E-state index contributed by atoms with van der Waals surface area (Å²) in [5, 5.41) is 0. The second-order valence-electron chi connectivity index (χ2n) is 6.47. The predicted molar refractivity (Wildman–Crippen MR) is 70.4 cm³/mol. The third-order valence-corrected chi connectivity index (χ3v) is 4.86. The van der Waals surface area contributed by atoms with E-state index in [-0.39, 0.29) is 0 Å². The van der Waals surface area contributed by atoms with Gasteiger partial charge in [-0.15, -0.1) is 0 Å². The van der Waals surface area contributed by atoms with Gasteiger partial charge in [-0.25, -0.2) is 0 Å². The van der Waals surface area contributed by atoms with Crippen molar-refractivity contribution in [2.24, 2.45) is 17.2 Å². The number of rotatable bonds is 5. The maximum absolute atomic E-state index is 5.77. The Morgan fingerprint density at radius 2 is 2.18 bits per heavy atom. The number of nitrogens with two attached hydrogens (primary N) is 1. The Morgan fingerprint density at radius 3 is 2.71 bits per heavy atom. The highest BCUT2D eigenvalue weighted by Crippen LogP contribution is 2.45. The molecule has 1 aliphatic heterocycles. The summed E-state index contributed by atoms with van der Waals surface area (Å²) in [5.41, 5.74) is 3.52. The molecule has 1 saturated heterocycles. The number of ether oxygens (including phenoxy) is 1. The van der Waals surface area contributed by atoms with Gasteiger partial charge < -0.3 is 4.74 Å². The number of hydrogen-bond donors (Lipinski definition) is 2. The van der Waals surface area contributed by atoms with Crippen LogP contribution < -0.4 is 11.3 Å². The maximum Gasteiger partial charge on any atom is 0.0576 e. The van der Waals surface area contributed by atoms with E-state index in [0.29, 0.717) is 17.6 Å². The standard InChI is InChI=1S/C14H28N2O/c1-14(2)9-3-6-12(14)13(16-15)8-7-11-5-4-10-17-11/h11-13,16H,3-10,15H2,1-2H3. The molecule has 0 spiro atoms. The van der Waals surface area contributed by atoms with Gasteiger partial charge >= 0.3 is 0 Å². The lowest BCUT2D eigenvalue weighted by Crippen LogP contribution is -2.44. The largest absolute Gasteiger partial charge is 0.378 e. The highest BCUT2D eigenvalue weighted by molar-refractivity contribution is 4.91. The van der Waals surface area contributed by atoms with Gasteiger partial charge in [-0.05, 0) is 49.9 Å². The molecule has 1 saturated carbocycles. The summed E-state index contributed by atoms with van der Waals surface area (Å²) in [4.78, 5) is 0. The zero-order chi connectivity index (χ0) is 12.3. The molecular formula is C14H28N2O. The van der Waals surface area contributed by atoms with Crippen molar-refractivity contribution < 1.29 is 4.74 Å². The molecule has 2 rings (SSSR count). The molecule has 2 aliphatic rings. The van der Waals surface area contributed by atoms with Crippen LogP contribution in [-0.2, 0) is 4.74 Å². The SMILES string of the molecule is CC1(C)CCCC1C(CCC1CCCO1)NN. The third kappa shape index (κ3) is 3.21. The highest BCUT2D eigenvalue weighted by atomic mass is 16.5. The molecule has 100 valence electrons. The number of hydrazine groups is 1. The second kappa shape index (κ2) is 5.68. The van der Waals surface area contributed by atoms with Gasteiger partial charge in [0.2, 0.25) is 0 Å². The van der Waals surface area contributed by atoms with Crippen molar-refractivity contribution in [2.45, 2.75) is 70.9 Å². The fraction of sp³-hybridized carbons (Fsp3) is 1.00. The lowest BCUT2D eigenvalue weighted by molar-refractivity contribution is 0.0919.